The molecule has 6 nitrogen and oxygen atoms in total. The van der Waals surface area contributed by atoms with Crippen LogP contribution in [0.3, 0.4) is 0 Å². The Balaban J connectivity index is 1.41. The minimum atomic E-state index is -0.719. The van der Waals surface area contributed by atoms with E-state index in [1.165, 1.54) is 16.9 Å². The van der Waals surface area contributed by atoms with Crippen molar-refractivity contribution in [3.05, 3.63) is 53.4 Å². The molecule has 0 bridgehead atoms. The lowest BCUT2D eigenvalue weighted by atomic mass is 10.1. The molecule has 26 heavy (non-hydrogen) atoms. The summed E-state index contributed by atoms with van der Waals surface area (Å²) >= 11 is 1.45. The zero-order valence-corrected chi connectivity index (χ0v) is 15.6. The number of hydrogen-bond acceptors (Lipinski definition) is 5. The number of nitrogens with zero attached hydrogens (tertiary/aromatic N) is 1. The van der Waals surface area contributed by atoms with Crippen molar-refractivity contribution in [2.75, 3.05) is 32.1 Å². The van der Waals surface area contributed by atoms with Crippen LogP contribution in [0, 0.1) is 0 Å². The van der Waals surface area contributed by atoms with Crippen LogP contribution in [0.1, 0.15) is 5.56 Å². The SMILES string of the molecule is CN(CCc1ccccc1)C[C@@H]1OC[C@H](NC(=O)Nc2cccs2)[C@H]1O. The third-order valence-corrected chi connectivity index (χ3v) is 5.26. The van der Waals surface area contributed by atoms with Gasteiger partial charge in [-0.1, -0.05) is 30.3 Å². The number of thiophene rings is 1. The maximum atomic E-state index is 12.0. The largest absolute Gasteiger partial charge is 0.388 e. The van der Waals surface area contributed by atoms with Crippen LogP contribution in [0.25, 0.3) is 0 Å². The van der Waals surface area contributed by atoms with Gasteiger partial charge in [-0.25, -0.2) is 4.79 Å². The van der Waals surface area contributed by atoms with Crippen molar-refractivity contribution in [3.8, 4) is 0 Å². The first kappa shape index (κ1) is 18.8. The lowest BCUT2D eigenvalue weighted by Gasteiger charge is -2.23. The molecule has 3 atom stereocenters. The molecule has 0 spiro atoms. The zero-order valence-electron chi connectivity index (χ0n) is 14.8. The third kappa shape index (κ3) is 5.28. The second-order valence-electron chi connectivity index (χ2n) is 6.54. The molecule has 0 aliphatic carbocycles. The van der Waals surface area contributed by atoms with Crippen molar-refractivity contribution in [1.82, 2.24) is 10.2 Å². The molecule has 140 valence electrons. The van der Waals surface area contributed by atoms with E-state index in [1.54, 1.807) is 0 Å². The van der Waals surface area contributed by atoms with Gasteiger partial charge in [0, 0.05) is 13.1 Å². The van der Waals surface area contributed by atoms with Crippen LogP contribution in [-0.4, -0.2) is 61.0 Å². The van der Waals surface area contributed by atoms with Gasteiger partial charge in [0.15, 0.2) is 0 Å². The summed E-state index contributed by atoms with van der Waals surface area (Å²) in [6.07, 6.45) is -0.0727. The van der Waals surface area contributed by atoms with Crippen LogP contribution < -0.4 is 10.6 Å². The number of urea groups is 1. The Bertz CT molecular complexity index is 681. The highest BCUT2D eigenvalue weighted by Crippen LogP contribution is 2.17. The second kappa shape index (κ2) is 9.14. The molecule has 1 aliphatic heterocycles. The van der Waals surface area contributed by atoms with Crippen LogP contribution in [-0.2, 0) is 11.2 Å². The van der Waals surface area contributed by atoms with E-state index in [4.69, 9.17) is 4.74 Å². The molecule has 0 unspecified atom stereocenters. The van der Waals surface area contributed by atoms with Crippen LogP contribution in [0.15, 0.2) is 47.8 Å². The first-order valence-corrected chi connectivity index (χ1v) is 9.63. The van der Waals surface area contributed by atoms with E-state index in [-0.39, 0.29) is 12.1 Å². The fourth-order valence-corrected chi connectivity index (χ4v) is 3.61. The Kier molecular flexibility index (Phi) is 6.62. The van der Waals surface area contributed by atoms with Gasteiger partial charge in [0.25, 0.3) is 0 Å². The van der Waals surface area contributed by atoms with Gasteiger partial charge in [0.2, 0.25) is 0 Å². The summed E-state index contributed by atoms with van der Waals surface area (Å²) in [7, 11) is 2.02. The van der Waals surface area contributed by atoms with Gasteiger partial charge in [-0.2, -0.15) is 0 Å². The summed E-state index contributed by atoms with van der Waals surface area (Å²) in [5.41, 5.74) is 1.29. The summed E-state index contributed by atoms with van der Waals surface area (Å²) in [5, 5.41) is 18.7. The van der Waals surface area contributed by atoms with Crippen LogP contribution >= 0.6 is 11.3 Å². The van der Waals surface area contributed by atoms with Gasteiger partial charge in [0.1, 0.15) is 6.10 Å². The lowest BCUT2D eigenvalue weighted by molar-refractivity contribution is 0.0205. The van der Waals surface area contributed by atoms with E-state index in [0.29, 0.717) is 13.2 Å². The quantitative estimate of drug-likeness (QED) is 0.693. The number of carbonyl (C=O) groups excluding carboxylic acids is 1. The summed E-state index contributed by atoms with van der Waals surface area (Å²) in [6.45, 7) is 1.82. The molecule has 2 heterocycles. The number of anilines is 1. The van der Waals surface area contributed by atoms with Gasteiger partial charge in [-0.3, -0.25) is 5.32 Å². The summed E-state index contributed by atoms with van der Waals surface area (Å²) in [5.74, 6) is 0. The number of rotatable bonds is 7. The van der Waals surface area contributed by atoms with Crippen LogP contribution in [0.5, 0.6) is 0 Å². The van der Waals surface area contributed by atoms with Crippen molar-refractivity contribution in [2.45, 2.75) is 24.7 Å². The lowest BCUT2D eigenvalue weighted by Crippen LogP contribution is -2.47. The van der Waals surface area contributed by atoms with Gasteiger partial charge in [-0.15, -0.1) is 11.3 Å². The van der Waals surface area contributed by atoms with E-state index < -0.39 is 12.1 Å². The number of amides is 2. The molecule has 1 saturated heterocycles. The first-order chi connectivity index (χ1) is 12.6. The van der Waals surface area contributed by atoms with Crippen LogP contribution in [0.2, 0.25) is 0 Å². The molecular formula is C19H25N3O3S. The highest BCUT2D eigenvalue weighted by atomic mass is 32.1. The monoisotopic (exact) mass is 375 g/mol. The standard InChI is InChI=1S/C19H25N3O3S/c1-22(10-9-14-6-3-2-4-7-14)12-16-18(23)15(13-25-16)20-19(24)21-17-8-5-11-26-17/h2-8,11,15-16,18,23H,9-10,12-13H2,1H3,(H2,20,21,24)/t15-,16-,18+/m0/s1. The number of aliphatic hydroxyl groups excluding tert-OH is 1. The van der Waals surface area contributed by atoms with E-state index >= 15 is 0 Å². The molecular weight excluding hydrogens is 350 g/mol. The number of nitrogens with one attached hydrogen (secondary N) is 2. The summed E-state index contributed by atoms with van der Waals surface area (Å²) in [6, 6.07) is 13.3. The minimum absolute atomic E-state index is 0.303. The predicted octanol–water partition coefficient (Wildman–Crippen LogP) is 2.17. The van der Waals surface area contributed by atoms with E-state index in [2.05, 4.69) is 27.7 Å². The van der Waals surface area contributed by atoms with Crippen molar-refractivity contribution in [2.24, 2.45) is 0 Å². The van der Waals surface area contributed by atoms with Gasteiger partial charge in [0.05, 0.1) is 23.8 Å². The van der Waals surface area contributed by atoms with Crippen molar-refractivity contribution in [3.63, 3.8) is 0 Å². The Labute approximate surface area is 157 Å². The van der Waals surface area contributed by atoms with Crippen molar-refractivity contribution in [1.29, 1.82) is 0 Å². The number of aliphatic hydroxyl groups is 1. The summed E-state index contributed by atoms with van der Waals surface area (Å²) < 4.78 is 5.71. The Morgan fingerprint density at radius 1 is 1.31 bits per heavy atom. The molecule has 3 N–H and O–H groups in total. The molecule has 1 aromatic heterocycles. The molecule has 1 fully saturated rings. The number of carbonyl (C=O) groups is 1. The fourth-order valence-electron chi connectivity index (χ4n) is 3.00. The van der Waals surface area contributed by atoms with E-state index in [1.807, 2.05) is 42.8 Å². The average molecular weight is 375 g/mol. The zero-order chi connectivity index (χ0) is 18.4. The minimum Gasteiger partial charge on any atom is -0.388 e. The highest BCUT2D eigenvalue weighted by molar-refractivity contribution is 7.14. The highest BCUT2D eigenvalue weighted by Gasteiger charge is 2.37. The van der Waals surface area contributed by atoms with Crippen molar-refractivity contribution >= 4 is 22.4 Å². The fraction of sp³-hybridized carbons (Fsp3) is 0.421. The smallest absolute Gasteiger partial charge is 0.320 e. The van der Waals surface area contributed by atoms with Crippen LogP contribution in [0.4, 0.5) is 9.80 Å². The van der Waals surface area contributed by atoms with Gasteiger partial charge in [-0.05, 0) is 36.5 Å². The summed E-state index contributed by atoms with van der Waals surface area (Å²) in [4.78, 5) is 14.2. The molecule has 1 aliphatic rings. The number of ether oxygens (including phenoxy) is 1. The van der Waals surface area contributed by atoms with E-state index in [9.17, 15) is 9.90 Å². The predicted molar refractivity (Wildman–Crippen MR) is 104 cm³/mol. The maximum absolute atomic E-state index is 12.0. The molecule has 1 aromatic carbocycles. The average Bonchev–Trinajstić information content (AvgIpc) is 3.26. The first-order valence-electron chi connectivity index (χ1n) is 8.75. The third-order valence-electron chi connectivity index (χ3n) is 4.47. The Morgan fingerprint density at radius 2 is 2.12 bits per heavy atom. The van der Waals surface area contributed by atoms with Gasteiger partial charge < -0.3 is 20.1 Å². The Hall–Kier alpha value is -1.93. The van der Waals surface area contributed by atoms with Crippen molar-refractivity contribution < 1.29 is 14.6 Å². The Morgan fingerprint density at radius 3 is 2.85 bits per heavy atom. The molecule has 7 heteroatoms. The maximum Gasteiger partial charge on any atom is 0.320 e. The van der Waals surface area contributed by atoms with E-state index in [0.717, 1.165) is 18.0 Å². The molecule has 0 radical (unpaired) electrons. The molecule has 2 aromatic rings. The normalized spacial score (nSPS) is 22.5. The second-order valence-corrected chi connectivity index (χ2v) is 7.49. The molecule has 3 rings (SSSR count). The number of likely N-dealkylation sites (N-methyl/N-ethyl adjacent to an activating group) is 1. The molecule has 2 amide bonds. The topological polar surface area (TPSA) is 73.8 Å². The number of benzene rings is 1. The number of hydrogen-bond donors (Lipinski definition) is 3. The molecule has 0 saturated carbocycles. The van der Waals surface area contributed by atoms with Gasteiger partial charge >= 0.3 is 6.03 Å².